The molecule has 2 aromatic rings. The van der Waals surface area contributed by atoms with Gasteiger partial charge in [0.15, 0.2) is 11.5 Å². The van der Waals surface area contributed by atoms with Gasteiger partial charge in [0.05, 0.1) is 24.9 Å². The summed E-state index contributed by atoms with van der Waals surface area (Å²) in [7, 11) is 0. The lowest BCUT2D eigenvalue weighted by Gasteiger charge is -2.30. The van der Waals surface area contributed by atoms with Crippen molar-refractivity contribution < 1.29 is 19.7 Å². The van der Waals surface area contributed by atoms with E-state index in [2.05, 4.69) is 29.8 Å². The zero-order chi connectivity index (χ0) is 26.5. The van der Waals surface area contributed by atoms with Crippen molar-refractivity contribution in [1.82, 2.24) is 4.98 Å². The van der Waals surface area contributed by atoms with Gasteiger partial charge in [-0.2, -0.15) is 0 Å². The first-order valence-corrected chi connectivity index (χ1v) is 14.2. The summed E-state index contributed by atoms with van der Waals surface area (Å²) >= 11 is 0. The highest BCUT2D eigenvalue weighted by atomic mass is 16.5. The number of benzene rings is 1. The van der Waals surface area contributed by atoms with Gasteiger partial charge in [-0.1, -0.05) is 43.4 Å². The van der Waals surface area contributed by atoms with Crippen molar-refractivity contribution in [3.05, 3.63) is 52.7 Å². The highest BCUT2D eigenvalue weighted by Crippen LogP contribution is 2.40. The average Bonchev–Trinajstić information content (AvgIpc) is 2.95. The Kier molecular flexibility index (Phi) is 8.56. The predicted octanol–water partition coefficient (Wildman–Crippen LogP) is 5.77. The Hall–Kier alpha value is -3.01. The second kappa shape index (κ2) is 12.2. The number of anilines is 1. The van der Waals surface area contributed by atoms with Gasteiger partial charge in [0, 0.05) is 41.1 Å². The minimum atomic E-state index is -0.538. The Morgan fingerprint density at radius 2 is 1.97 bits per heavy atom. The third kappa shape index (κ3) is 6.51. The maximum absolute atomic E-state index is 11.3. The number of aromatic nitrogens is 1. The van der Waals surface area contributed by atoms with Crippen LogP contribution in [0.4, 0.5) is 5.82 Å². The van der Waals surface area contributed by atoms with Crippen LogP contribution in [0.25, 0.3) is 6.08 Å². The molecule has 4 N–H and O–H groups in total. The molecule has 1 aromatic carbocycles. The number of hydrogen-bond acceptors (Lipinski definition) is 6. The number of hydrogen-bond donors (Lipinski definition) is 3. The first kappa shape index (κ1) is 26.6. The van der Waals surface area contributed by atoms with E-state index in [1.807, 2.05) is 18.2 Å². The van der Waals surface area contributed by atoms with E-state index in [0.29, 0.717) is 31.0 Å². The van der Waals surface area contributed by atoms with Gasteiger partial charge in [0.2, 0.25) is 0 Å². The number of nitrogens with zero attached hydrogens (tertiary/aromatic N) is 1. The van der Waals surface area contributed by atoms with Crippen LogP contribution in [0.15, 0.2) is 30.5 Å². The molecule has 1 aromatic heterocycles. The van der Waals surface area contributed by atoms with Gasteiger partial charge in [-0.05, 0) is 69.1 Å². The molecule has 6 nitrogen and oxygen atoms in total. The molecule has 0 radical (unpaired) electrons. The molecule has 0 amide bonds. The molecule has 4 unspecified atom stereocenters. The quantitative estimate of drug-likeness (QED) is 0.436. The van der Waals surface area contributed by atoms with Crippen molar-refractivity contribution in [2.24, 2.45) is 11.8 Å². The first-order valence-electron chi connectivity index (χ1n) is 14.2. The number of phenolic OH excluding ortho intramolecular Hbond substituents is 1. The monoisotopic (exact) mass is 516 g/mol. The van der Waals surface area contributed by atoms with Crippen molar-refractivity contribution in [3.8, 4) is 23.3 Å². The molecule has 2 aliphatic carbocycles. The van der Waals surface area contributed by atoms with E-state index in [1.54, 1.807) is 12.3 Å². The molecule has 1 saturated carbocycles. The molecule has 6 heteroatoms. The molecule has 5 rings (SSSR count). The third-order valence-corrected chi connectivity index (χ3v) is 8.17. The van der Waals surface area contributed by atoms with Gasteiger partial charge >= 0.3 is 0 Å². The molecule has 0 saturated heterocycles. The van der Waals surface area contributed by atoms with Crippen molar-refractivity contribution in [2.75, 3.05) is 5.73 Å². The number of aliphatic hydroxyl groups excluding tert-OH is 1. The van der Waals surface area contributed by atoms with Crippen LogP contribution in [-0.2, 0) is 17.8 Å². The van der Waals surface area contributed by atoms with Crippen LogP contribution in [0.3, 0.4) is 0 Å². The Balaban J connectivity index is 1.26. The van der Waals surface area contributed by atoms with Gasteiger partial charge in [-0.15, -0.1) is 0 Å². The molecule has 4 atom stereocenters. The molecule has 1 fully saturated rings. The summed E-state index contributed by atoms with van der Waals surface area (Å²) in [6.45, 7) is 2.54. The summed E-state index contributed by atoms with van der Waals surface area (Å²) in [5.41, 5.74) is 9.75. The van der Waals surface area contributed by atoms with Crippen LogP contribution in [0.1, 0.15) is 87.0 Å². The van der Waals surface area contributed by atoms with E-state index in [0.717, 1.165) is 54.4 Å². The van der Waals surface area contributed by atoms with E-state index in [1.165, 1.54) is 19.3 Å². The number of ether oxygens (including phenoxy) is 2. The molecular formula is C32H40N2O4. The molecule has 2 heterocycles. The standard InChI is InChI=1S/C32H40N2O4/c1-21-6-5-9-27(37-20-25-19-34-31(33)17-22(25)11-10-21)18-30(36)24-12-14-28-23(16-24)13-15-29(35)32(28)38-26-7-3-2-4-8-26/h12-15,17,19,21,24,26-27,30,35-36H,2-9,16,18,20H2,1H3,(H2,33,34). The van der Waals surface area contributed by atoms with Crippen LogP contribution in [0, 0.1) is 23.7 Å². The minimum absolute atomic E-state index is 0.0210. The Labute approximate surface area is 226 Å². The van der Waals surface area contributed by atoms with Crippen molar-refractivity contribution in [1.29, 1.82) is 0 Å². The largest absolute Gasteiger partial charge is 0.504 e. The van der Waals surface area contributed by atoms with Crippen LogP contribution >= 0.6 is 0 Å². The van der Waals surface area contributed by atoms with Gasteiger partial charge < -0.3 is 25.4 Å². The fourth-order valence-electron chi connectivity index (χ4n) is 5.85. The Morgan fingerprint density at radius 1 is 1.13 bits per heavy atom. The molecule has 3 aliphatic rings. The topological polar surface area (TPSA) is 97.8 Å². The van der Waals surface area contributed by atoms with E-state index >= 15 is 0 Å². The first-order chi connectivity index (χ1) is 18.5. The number of nitrogens with two attached hydrogens (primary N) is 1. The van der Waals surface area contributed by atoms with Crippen molar-refractivity contribution >= 4 is 11.9 Å². The third-order valence-electron chi connectivity index (χ3n) is 8.17. The van der Waals surface area contributed by atoms with E-state index < -0.39 is 6.10 Å². The number of aromatic hydroxyl groups is 1. The minimum Gasteiger partial charge on any atom is -0.504 e. The zero-order valence-corrected chi connectivity index (χ0v) is 22.4. The summed E-state index contributed by atoms with van der Waals surface area (Å²) < 4.78 is 12.6. The lowest BCUT2D eigenvalue weighted by molar-refractivity contribution is -0.0115. The lowest BCUT2D eigenvalue weighted by Crippen LogP contribution is -2.29. The normalized spacial score (nSPS) is 24.7. The Bertz CT molecular complexity index is 1210. The average molecular weight is 517 g/mol. The highest BCUT2D eigenvalue weighted by molar-refractivity contribution is 5.67. The molecule has 1 aliphatic heterocycles. The SMILES string of the molecule is CC1C#Cc2cc(N)ncc2COC(CC(O)C2C=Cc3c(ccc(O)c3OC3CCCCC3)C2)CCC1. The number of rotatable bonds is 5. The molecule has 38 heavy (non-hydrogen) atoms. The summed E-state index contributed by atoms with van der Waals surface area (Å²) in [4.78, 5) is 4.24. The van der Waals surface area contributed by atoms with Crippen LogP contribution in [0.2, 0.25) is 0 Å². The van der Waals surface area contributed by atoms with Crippen LogP contribution in [0.5, 0.6) is 11.5 Å². The second-order valence-electron chi connectivity index (χ2n) is 11.2. The number of nitrogen functional groups attached to an aromatic ring is 1. The summed E-state index contributed by atoms with van der Waals surface area (Å²) in [5, 5.41) is 21.9. The maximum atomic E-state index is 11.3. The molecule has 0 bridgehead atoms. The molecular weight excluding hydrogens is 476 g/mol. The van der Waals surface area contributed by atoms with Gasteiger partial charge in [0.25, 0.3) is 0 Å². The number of aliphatic hydroxyl groups is 1. The zero-order valence-electron chi connectivity index (χ0n) is 22.4. The smallest absolute Gasteiger partial charge is 0.168 e. The number of fused-ring (bicyclic) bond motifs is 2. The Morgan fingerprint density at radius 3 is 2.82 bits per heavy atom. The number of phenols is 1. The lowest BCUT2D eigenvalue weighted by atomic mass is 9.83. The second-order valence-corrected chi connectivity index (χ2v) is 11.2. The van der Waals surface area contributed by atoms with E-state index in [-0.39, 0.29) is 29.8 Å². The van der Waals surface area contributed by atoms with Crippen molar-refractivity contribution in [3.63, 3.8) is 0 Å². The van der Waals surface area contributed by atoms with Crippen LogP contribution in [-0.4, -0.2) is 33.5 Å². The fraction of sp³-hybridized carbons (Fsp3) is 0.531. The molecule has 202 valence electrons. The van der Waals surface area contributed by atoms with Gasteiger partial charge in [-0.3, -0.25) is 0 Å². The van der Waals surface area contributed by atoms with E-state index in [9.17, 15) is 10.2 Å². The summed E-state index contributed by atoms with van der Waals surface area (Å²) in [6.07, 6.45) is 15.2. The number of pyridine rings is 1. The van der Waals surface area contributed by atoms with Gasteiger partial charge in [0.1, 0.15) is 5.82 Å². The fourth-order valence-corrected chi connectivity index (χ4v) is 5.85. The van der Waals surface area contributed by atoms with E-state index in [4.69, 9.17) is 15.2 Å². The maximum Gasteiger partial charge on any atom is 0.168 e. The van der Waals surface area contributed by atoms with Crippen LogP contribution < -0.4 is 10.5 Å². The summed E-state index contributed by atoms with van der Waals surface area (Å²) in [6, 6.07) is 5.50. The highest BCUT2D eigenvalue weighted by Gasteiger charge is 2.28. The predicted molar refractivity (Wildman–Crippen MR) is 150 cm³/mol. The molecule has 0 spiro atoms. The van der Waals surface area contributed by atoms with Gasteiger partial charge in [-0.25, -0.2) is 4.98 Å². The van der Waals surface area contributed by atoms with Crippen molar-refractivity contribution in [2.45, 2.75) is 96.1 Å². The summed E-state index contributed by atoms with van der Waals surface area (Å²) in [5.74, 6) is 8.10.